The van der Waals surface area contributed by atoms with Crippen LogP contribution in [0.4, 0.5) is 6.01 Å². The van der Waals surface area contributed by atoms with Gasteiger partial charge in [-0.15, -0.1) is 0 Å². The first-order valence-corrected chi connectivity index (χ1v) is 6.54. The predicted molar refractivity (Wildman–Crippen MR) is 78.6 cm³/mol. The molecular weight excluding hydrogens is 278 g/mol. The normalized spacial score (nSPS) is 11.2. The number of hydrogen-bond acceptors (Lipinski definition) is 4. The standard InChI is InChI=1S/C14H14ClN3O2/c1-18(2)14-17-13(19)12(20-14)5-8-7-16-11-4-3-9(15)6-10(8)11/h3-4,6-7,16,19H,5H2,1-2H3. The van der Waals surface area contributed by atoms with Crippen molar-refractivity contribution in [3.63, 3.8) is 0 Å². The Bertz CT molecular complexity index is 761. The lowest BCUT2D eigenvalue weighted by molar-refractivity contribution is 0.431. The van der Waals surface area contributed by atoms with E-state index in [1.807, 2.05) is 24.4 Å². The maximum Gasteiger partial charge on any atom is 0.300 e. The summed E-state index contributed by atoms with van der Waals surface area (Å²) in [6, 6.07) is 6.03. The Kier molecular flexibility index (Phi) is 3.06. The van der Waals surface area contributed by atoms with E-state index in [1.54, 1.807) is 19.0 Å². The summed E-state index contributed by atoms with van der Waals surface area (Å²) < 4.78 is 5.55. The van der Waals surface area contributed by atoms with Crippen LogP contribution in [0.5, 0.6) is 5.88 Å². The van der Waals surface area contributed by atoms with Gasteiger partial charge in [-0.3, -0.25) is 0 Å². The van der Waals surface area contributed by atoms with Gasteiger partial charge in [0, 0.05) is 42.6 Å². The van der Waals surface area contributed by atoms with Crippen LogP contribution in [0.15, 0.2) is 28.8 Å². The number of halogens is 1. The molecule has 0 radical (unpaired) electrons. The quantitative estimate of drug-likeness (QED) is 0.778. The zero-order valence-corrected chi connectivity index (χ0v) is 11.9. The van der Waals surface area contributed by atoms with E-state index in [0.29, 0.717) is 23.2 Å². The summed E-state index contributed by atoms with van der Waals surface area (Å²) in [5, 5.41) is 11.5. The molecule has 0 amide bonds. The Balaban J connectivity index is 1.99. The van der Waals surface area contributed by atoms with Crippen LogP contribution >= 0.6 is 11.6 Å². The minimum absolute atomic E-state index is 0.0786. The van der Waals surface area contributed by atoms with Crippen LogP contribution in [0.25, 0.3) is 10.9 Å². The molecule has 0 saturated heterocycles. The highest BCUT2D eigenvalue weighted by atomic mass is 35.5. The molecule has 2 heterocycles. The average Bonchev–Trinajstić information content (AvgIpc) is 2.95. The van der Waals surface area contributed by atoms with E-state index in [2.05, 4.69) is 9.97 Å². The number of fused-ring (bicyclic) bond motifs is 1. The Hall–Kier alpha value is -2.14. The topological polar surface area (TPSA) is 65.3 Å². The molecule has 6 heteroatoms. The second-order valence-corrected chi connectivity index (χ2v) is 5.25. The second-order valence-electron chi connectivity index (χ2n) is 4.82. The molecule has 0 aliphatic rings. The maximum atomic E-state index is 9.84. The number of hydrogen-bond donors (Lipinski definition) is 2. The summed E-state index contributed by atoms with van der Waals surface area (Å²) in [6.07, 6.45) is 2.34. The fourth-order valence-corrected chi connectivity index (χ4v) is 2.28. The Labute approximate surface area is 120 Å². The van der Waals surface area contributed by atoms with Gasteiger partial charge in [0.05, 0.1) is 0 Å². The minimum Gasteiger partial charge on any atom is -0.491 e. The van der Waals surface area contributed by atoms with Crippen molar-refractivity contribution in [2.45, 2.75) is 6.42 Å². The van der Waals surface area contributed by atoms with E-state index in [-0.39, 0.29) is 5.88 Å². The van der Waals surface area contributed by atoms with E-state index < -0.39 is 0 Å². The lowest BCUT2D eigenvalue weighted by Gasteiger charge is -2.03. The summed E-state index contributed by atoms with van der Waals surface area (Å²) >= 11 is 6.02. The smallest absolute Gasteiger partial charge is 0.300 e. The van der Waals surface area contributed by atoms with E-state index in [9.17, 15) is 5.11 Å². The van der Waals surface area contributed by atoms with Gasteiger partial charge in [-0.05, 0) is 23.8 Å². The summed E-state index contributed by atoms with van der Waals surface area (Å²) in [5.41, 5.74) is 2.00. The van der Waals surface area contributed by atoms with Crippen LogP contribution < -0.4 is 4.90 Å². The molecule has 20 heavy (non-hydrogen) atoms. The molecule has 0 aliphatic carbocycles. The molecule has 5 nitrogen and oxygen atoms in total. The number of rotatable bonds is 3. The zero-order valence-electron chi connectivity index (χ0n) is 11.1. The third-order valence-electron chi connectivity index (χ3n) is 3.13. The van der Waals surface area contributed by atoms with Crippen molar-refractivity contribution in [1.29, 1.82) is 0 Å². The maximum absolute atomic E-state index is 9.84. The van der Waals surface area contributed by atoms with Gasteiger partial charge in [0.2, 0.25) is 0 Å². The molecule has 2 aromatic heterocycles. The third-order valence-corrected chi connectivity index (χ3v) is 3.36. The van der Waals surface area contributed by atoms with Gasteiger partial charge >= 0.3 is 0 Å². The van der Waals surface area contributed by atoms with Crippen molar-refractivity contribution in [3.8, 4) is 5.88 Å². The van der Waals surface area contributed by atoms with Crippen LogP contribution in [0.2, 0.25) is 5.02 Å². The van der Waals surface area contributed by atoms with Crippen LogP contribution in [0, 0.1) is 0 Å². The van der Waals surface area contributed by atoms with E-state index in [4.69, 9.17) is 16.0 Å². The van der Waals surface area contributed by atoms with E-state index >= 15 is 0 Å². The molecular formula is C14H14ClN3O2. The Morgan fingerprint density at radius 2 is 2.20 bits per heavy atom. The Morgan fingerprint density at radius 3 is 2.90 bits per heavy atom. The van der Waals surface area contributed by atoms with Crippen LogP contribution in [-0.2, 0) is 6.42 Å². The summed E-state index contributed by atoms with van der Waals surface area (Å²) in [7, 11) is 3.61. The average molecular weight is 292 g/mol. The predicted octanol–water partition coefficient (Wildman–Crippen LogP) is 3.17. The van der Waals surface area contributed by atoms with Gasteiger partial charge in [0.15, 0.2) is 5.76 Å². The van der Waals surface area contributed by atoms with E-state index in [1.165, 1.54) is 0 Å². The third kappa shape index (κ3) is 2.20. The van der Waals surface area contributed by atoms with Crippen LogP contribution in [0.3, 0.4) is 0 Å². The van der Waals surface area contributed by atoms with Crippen molar-refractivity contribution in [2.24, 2.45) is 0 Å². The minimum atomic E-state index is -0.0786. The van der Waals surface area contributed by atoms with Crippen molar-refractivity contribution in [3.05, 3.63) is 40.7 Å². The molecule has 0 atom stereocenters. The van der Waals surface area contributed by atoms with Gasteiger partial charge < -0.3 is 19.4 Å². The molecule has 104 valence electrons. The first kappa shape index (κ1) is 12.9. The summed E-state index contributed by atoms with van der Waals surface area (Å²) in [5.74, 6) is 0.361. The van der Waals surface area contributed by atoms with Gasteiger partial charge in [-0.2, -0.15) is 4.98 Å². The largest absolute Gasteiger partial charge is 0.491 e. The van der Waals surface area contributed by atoms with Crippen LogP contribution in [-0.4, -0.2) is 29.2 Å². The highest BCUT2D eigenvalue weighted by Crippen LogP contribution is 2.29. The molecule has 2 N–H and O–H groups in total. The second kappa shape index (κ2) is 4.76. The molecule has 0 saturated carbocycles. The number of oxazole rings is 1. The number of aromatic amines is 1. The van der Waals surface area contributed by atoms with E-state index in [0.717, 1.165) is 16.5 Å². The number of nitrogens with zero attached hydrogens (tertiary/aromatic N) is 2. The fraction of sp³-hybridized carbons (Fsp3) is 0.214. The first-order chi connectivity index (χ1) is 9.54. The van der Waals surface area contributed by atoms with Gasteiger partial charge in [-0.1, -0.05) is 11.6 Å². The first-order valence-electron chi connectivity index (χ1n) is 6.16. The molecule has 3 aromatic rings. The van der Waals surface area contributed by atoms with Crippen molar-refractivity contribution in [2.75, 3.05) is 19.0 Å². The Morgan fingerprint density at radius 1 is 1.40 bits per heavy atom. The summed E-state index contributed by atoms with van der Waals surface area (Å²) in [4.78, 5) is 8.84. The fourth-order valence-electron chi connectivity index (χ4n) is 2.11. The van der Waals surface area contributed by atoms with Gasteiger partial charge in [-0.25, -0.2) is 0 Å². The molecule has 0 unspecified atom stereocenters. The number of nitrogens with one attached hydrogen (secondary N) is 1. The number of benzene rings is 1. The van der Waals surface area contributed by atoms with Crippen molar-refractivity contribution < 1.29 is 9.52 Å². The summed E-state index contributed by atoms with van der Waals surface area (Å²) in [6.45, 7) is 0. The number of H-pyrrole nitrogens is 1. The lowest BCUT2D eigenvalue weighted by Crippen LogP contribution is -2.08. The monoisotopic (exact) mass is 291 g/mol. The number of anilines is 1. The molecule has 0 bridgehead atoms. The molecule has 0 aliphatic heterocycles. The SMILES string of the molecule is CN(C)c1nc(O)c(Cc2c[nH]c3ccc(Cl)cc23)o1. The highest BCUT2D eigenvalue weighted by Gasteiger charge is 2.16. The van der Waals surface area contributed by atoms with Crippen molar-refractivity contribution in [1.82, 2.24) is 9.97 Å². The van der Waals surface area contributed by atoms with Crippen LogP contribution in [0.1, 0.15) is 11.3 Å². The van der Waals surface area contributed by atoms with Gasteiger partial charge in [0.1, 0.15) is 0 Å². The van der Waals surface area contributed by atoms with Gasteiger partial charge in [0.25, 0.3) is 11.9 Å². The molecule has 0 fully saturated rings. The molecule has 3 rings (SSSR count). The highest BCUT2D eigenvalue weighted by molar-refractivity contribution is 6.31. The zero-order chi connectivity index (χ0) is 14.3. The molecule has 1 aromatic carbocycles. The molecule has 0 spiro atoms. The number of aromatic nitrogens is 2. The lowest BCUT2D eigenvalue weighted by atomic mass is 10.1. The number of aromatic hydroxyl groups is 1. The van der Waals surface area contributed by atoms with Crippen molar-refractivity contribution >= 4 is 28.5 Å².